The van der Waals surface area contributed by atoms with Crippen LogP contribution in [0.25, 0.3) is 32.3 Å². The molecule has 2 heterocycles. The Hall–Kier alpha value is -4.23. The quantitative estimate of drug-likeness (QED) is 0.269. The average Bonchev–Trinajstić information content (AvgIpc) is 3.44. The van der Waals surface area contributed by atoms with Crippen LogP contribution in [0.1, 0.15) is 15.2 Å². The second kappa shape index (κ2) is 8.13. The Balaban J connectivity index is 1.64. The molecule has 7 heteroatoms. The number of rotatable bonds is 6. The zero-order valence-corrected chi connectivity index (χ0v) is 17.3. The highest BCUT2D eigenvalue weighted by Gasteiger charge is 2.21. The maximum Gasteiger partial charge on any atom is 0.299 e. The second-order valence-electron chi connectivity index (χ2n) is 7.01. The summed E-state index contributed by atoms with van der Waals surface area (Å²) in [6.45, 7) is 0.296. The number of thiophene rings is 1. The number of ketones is 1. The fourth-order valence-electron chi connectivity index (χ4n) is 3.62. The van der Waals surface area contributed by atoms with Gasteiger partial charge in [0.05, 0.1) is 10.4 Å². The minimum Gasteiger partial charge on any atom is -0.508 e. The van der Waals surface area contributed by atoms with Crippen LogP contribution in [0.15, 0.2) is 83.6 Å². The monoisotopic (exact) mass is 441 g/mol. The summed E-state index contributed by atoms with van der Waals surface area (Å²) in [7, 11) is 0. The number of phenols is 1. The number of nitrogens with zero attached hydrogens (tertiary/aromatic N) is 1. The van der Waals surface area contributed by atoms with Crippen LogP contribution in [-0.4, -0.2) is 22.5 Å². The maximum atomic E-state index is 13.3. The number of ether oxygens (including phenoxy) is 1. The minimum absolute atomic E-state index is 0.0777. The normalized spacial score (nSPS) is 10.9. The first-order chi connectivity index (χ1) is 15.7. The number of aromatic hydroxyl groups is 1. The molecule has 3 aromatic carbocycles. The Morgan fingerprint density at radius 3 is 2.50 bits per heavy atom. The van der Waals surface area contributed by atoms with Gasteiger partial charge in [0, 0.05) is 21.2 Å². The Bertz CT molecular complexity index is 1430. The third-order valence-corrected chi connectivity index (χ3v) is 6.25. The molecular formula is C25H15NO5S. The molecule has 0 aliphatic carbocycles. The van der Waals surface area contributed by atoms with Crippen molar-refractivity contribution in [3.8, 4) is 33.9 Å². The highest BCUT2D eigenvalue weighted by atomic mass is 32.1. The summed E-state index contributed by atoms with van der Waals surface area (Å²) < 4.78 is 10.6. The molecule has 1 N–H and O–H groups in total. The molecule has 2 aromatic heterocycles. The Labute approximate surface area is 186 Å². The molecule has 0 aliphatic heterocycles. The number of benzene rings is 3. The molecule has 0 unspecified atom stereocenters. The Kier molecular flexibility index (Phi) is 5.01. The predicted molar refractivity (Wildman–Crippen MR) is 121 cm³/mol. The second-order valence-corrected chi connectivity index (χ2v) is 8.06. The smallest absolute Gasteiger partial charge is 0.299 e. The molecule has 32 heavy (non-hydrogen) atoms. The Morgan fingerprint density at radius 1 is 1.00 bits per heavy atom. The van der Waals surface area contributed by atoms with Gasteiger partial charge in [-0.25, -0.2) is 0 Å². The largest absolute Gasteiger partial charge is 0.508 e. The molecule has 0 radical (unpaired) electrons. The molecule has 156 valence electrons. The van der Waals surface area contributed by atoms with Gasteiger partial charge >= 0.3 is 0 Å². The van der Waals surface area contributed by atoms with Gasteiger partial charge in [-0.15, -0.1) is 11.3 Å². The van der Waals surface area contributed by atoms with Crippen molar-refractivity contribution in [2.45, 2.75) is 0 Å². The van der Waals surface area contributed by atoms with Crippen molar-refractivity contribution in [3.05, 3.63) is 89.5 Å². The number of hydrogen-bond acceptors (Lipinski definition) is 7. The Morgan fingerprint density at radius 2 is 1.75 bits per heavy atom. The van der Waals surface area contributed by atoms with Gasteiger partial charge in [-0.05, 0) is 34.5 Å². The molecule has 0 spiro atoms. The minimum atomic E-state index is -0.0777. The van der Waals surface area contributed by atoms with Crippen LogP contribution in [0, 0.1) is 0 Å². The van der Waals surface area contributed by atoms with E-state index in [0.717, 1.165) is 26.8 Å². The van der Waals surface area contributed by atoms with E-state index in [1.54, 1.807) is 24.3 Å². The van der Waals surface area contributed by atoms with E-state index in [4.69, 9.17) is 9.26 Å². The van der Waals surface area contributed by atoms with E-state index in [-0.39, 0.29) is 17.4 Å². The summed E-state index contributed by atoms with van der Waals surface area (Å²) in [6, 6.07) is 21.7. The van der Waals surface area contributed by atoms with E-state index in [9.17, 15) is 14.7 Å². The van der Waals surface area contributed by atoms with E-state index < -0.39 is 0 Å². The maximum absolute atomic E-state index is 13.3. The van der Waals surface area contributed by atoms with Crippen LogP contribution in [-0.2, 0) is 4.79 Å². The van der Waals surface area contributed by atoms with Gasteiger partial charge in [0.2, 0.25) is 5.78 Å². The molecule has 5 aromatic rings. The number of fused-ring (bicyclic) bond motifs is 1. The number of hydrogen-bond donors (Lipinski definition) is 1. The number of carbonyl (C=O) groups excluding carboxylic acids is 2. The van der Waals surface area contributed by atoms with E-state index in [1.165, 1.54) is 17.6 Å². The van der Waals surface area contributed by atoms with Gasteiger partial charge in [0.15, 0.2) is 0 Å². The first-order valence-corrected chi connectivity index (χ1v) is 10.5. The lowest BCUT2D eigenvalue weighted by Crippen LogP contribution is -2.00. The third-order valence-electron chi connectivity index (χ3n) is 5.10. The number of carbonyl (C=O) groups is 2. The highest BCUT2D eigenvalue weighted by molar-refractivity contribution is 7.21. The van der Waals surface area contributed by atoms with E-state index in [2.05, 4.69) is 5.16 Å². The first-order valence-electron chi connectivity index (χ1n) is 9.66. The van der Waals surface area contributed by atoms with E-state index in [0.29, 0.717) is 22.5 Å². The molecule has 0 bridgehead atoms. The molecule has 0 fully saturated rings. The first kappa shape index (κ1) is 19.7. The fourth-order valence-corrected chi connectivity index (χ4v) is 4.84. The number of phenolic OH excluding ortho intramolecular Hbond substituents is 1. The summed E-state index contributed by atoms with van der Waals surface area (Å²) in [5.74, 6) is 0.157. The molecule has 5 rings (SSSR count). The van der Waals surface area contributed by atoms with Crippen LogP contribution in [0.3, 0.4) is 0 Å². The van der Waals surface area contributed by atoms with Crippen molar-refractivity contribution in [1.29, 1.82) is 0 Å². The average molecular weight is 441 g/mol. The zero-order valence-electron chi connectivity index (χ0n) is 16.5. The van der Waals surface area contributed by atoms with Gasteiger partial charge in [-0.2, -0.15) is 0 Å². The van der Waals surface area contributed by atoms with Crippen LogP contribution in [0.5, 0.6) is 11.6 Å². The SMILES string of the molecule is O=COc1nocc1-c1ccc(-c2c(C(=O)c3ccccc3)sc3cc(O)ccc23)cc1. The topological polar surface area (TPSA) is 89.6 Å². The van der Waals surface area contributed by atoms with Crippen LogP contribution in [0.4, 0.5) is 0 Å². The van der Waals surface area contributed by atoms with Crippen molar-refractivity contribution in [2.24, 2.45) is 0 Å². The van der Waals surface area contributed by atoms with Crippen molar-refractivity contribution >= 4 is 33.7 Å². The van der Waals surface area contributed by atoms with Gasteiger partial charge < -0.3 is 14.4 Å². The summed E-state index contributed by atoms with van der Waals surface area (Å²) in [5, 5.41) is 14.5. The van der Waals surface area contributed by atoms with Gasteiger partial charge in [-0.3, -0.25) is 9.59 Å². The molecular weight excluding hydrogens is 426 g/mol. The molecule has 0 aliphatic rings. The fraction of sp³-hybridized carbons (Fsp3) is 0. The lowest BCUT2D eigenvalue weighted by atomic mass is 9.96. The van der Waals surface area contributed by atoms with Crippen molar-refractivity contribution in [2.75, 3.05) is 0 Å². The lowest BCUT2D eigenvalue weighted by molar-refractivity contribution is -0.121. The van der Waals surface area contributed by atoms with Gasteiger partial charge in [0.1, 0.15) is 12.0 Å². The third kappa shape index (κ3) is 3.44. The zero-order chi connectivity index (χ0) is 22.1. The molecule has 0 amide bonds. The summed E-state index contributed by atoms with van der Waals surface area (Å²) in [6.07, 6.45) is 1.40. The summed E-state index contributed by atoms with van der Waals surface area (Å²) >= 11 is 1.35. The highest BCUT2D eigenvalue weighted by Crippen LogP contribution is 2.42. The molecule has 0 atom stereocenters. The molecule has 0 saturated heterocycles. The summed E-state index contributed by atoms with van der Waals surface area (Å²) in [5.41, 5.74) is 3.55. The van der Waals surface area contributed by atoms with Gasteiger partial charge in [-0.1, -0.05) is 54.6 Å². The predicted octanol–water partition coefficient (Wildman–Crippen LogP) is 5.70. The van der Waals surface area contributed by atoms with E-state index >= 15 is 0 Å². The van der Waals surface area contributed by atoms with Crippen molar-refractivity contribution < 1.29 is 24.0 Å². The molecule has 0 saturated carbocycles. The van der Waals surface area contributed by atoms with Crippen molar-refractivity contribution in [1.82, 2.24) is 5.16 Å². The molecule has 6 nitrogen and oxygen atoms in total. The van der Waals surface area contributed by atoms with Crippen molar-refractivity contribution in [3.63, 3.8) is 0 Å². The number of aromatic nitrogens is 1. The lowest BCUT2D eigenvalue weighted by Gasteiger charge is -2.07. The van der Waals surface area contributed by atoms with Crippen LogP contribution in [0.2, 0.25) is 0 Å². The summed E-state index contributed by atoms with van der Waals surface area (Å²) in [4.78, 5) is 24.6. The van der Waals surface area contributed by atoms with Gasteiger partial charge in [0.25, 0.3) is 12.4 Å². The standard InChI is InChI=1S/C25H15NO5S/c27-14-30-25-20(13-31-26-25)15-6-8-16(9-7-15)22-19-11-10-18(28)12-21(19)32-24(22)23(29)17-4-2-1-3-5-17/h1-14,28H. The van der Waals surface area contributed by atoms with E-state index in [1.807, 2.05) is 48.5 Å². The van der Waals surface area contributed by atoms with Crippen LogP contribution < -0.4 is 4.74 Å². The van der Waals surface area contributed by atoms with Crippen LogP contribution >= 0.6 is 11.3 Å².